The standard InChI is InChI=1S/C23H28N4O2S/c1-5-9-25-22(28)19-14-21(27(16(19)3)11-7-12-29-4)20-15-30-23(26-20)17-8-10-24-18(6-2)13-17/h5,8,10,13-15H,1,6-7,9,11-12H2,2-4H3,(H,25,28). The first-order valence-corrected chi connectivity index (χ1v) is 11.0. The summed E-state index contributed by atoms with van der Waals surface area (Å²) < 4.78 is 7.37. The Labute approximate surface area is 181 Å². The Bertz CT molecular complexity index is 1020. The molecule has 0 unspecified atom stereocenters. The van der Waals surface area contributed by atoms with Gasteiger partial charge < -0.3 is 14.6 Å². The average molecular weight is 425 g/mol. The van der Waals surface area contributed by atoms with Crippen LogP contribution in [0.2, 0.25) is 0 Å². The fourth-order valence-electron chi connectivity index (χ4n) is 3.33. The molecule has 3 aromatic heterocycles. The summed E-state index contributed by atoms with van der Waals surface area (Å²) in [5, 5.41) is 5.87. The number of amides is 1. The monoisotopic (exact) mass is 424 g/mol. The first-order chi connectivity index (χ1) is 14.6. The molecule has 0 saturated carbocycles. The van der Waals surface area contributed by atoms with E-state index in [1.807, 2.05) is 25.3 Å². The smallest absolute Gasteiger partial charge is 0.253 e. The average Bonchev–Trinajstić information content (AvgIpc) is 3.38. The molecule has 0 aliphatic heterocycles. The lowest BCUT2D eigenvalue weighted by atomic mass is 10.2. The number of pyridine rings is 1. The second-order valence-electron chi connectivity index (χ2n) is 6.95. The Hall–Kier alpha value is -2.77. The first-order valence-electron chi connectivity index (χ1n) is 10.1. The molecule has 0 bridgehead atoms. The van der Waals surface area contributed by atoms with E-state index in [0.717, 1.165) is 52.7 Å². The molecule has 1 amide bonds. The molecule has 0 aromatic carbocycles. The van der Waals surface area contributed by atoms with Crippen LogP contribution in [0.5, 0.6) is 0 Å². The van der Waals surface area contributed by atoms with Crippen molar-refractivity contribution in [2.45, 2.75) is 33.2 Å². The van der Waals surface area contributed by atoms with Gasteiger partial charge in [0.05, 0.1) is 17.0 Å². The molecule has 3 rings (SSSR count). The molecular formula is C23H28N4O2S. The number of hydrogen-bond acceptors (Lipinski definition) is 5. The predicted octanol–water partition coefficient (Wildman–Crippen LogP) is 4.50. The van der Waals surface area contributed by atoms with Crippen LogP contribution in [0.15, 0.2) is 42.4 Å². The van der Waals surface area contributed by atoms with E-state index in [1.165, 1.54) is 0 Å². The summed E-state index contributed by atoms with van der Waals surface area (Å²) >= 11 is 1.60. The van der Waals surface area contributed by atoms with Crippen LogP contribution >= 0.6 is 11.3 Å². The van der Waals surface area contributed by atoms with Crippen molar-refractivity contribution in [3.63, 3.8) is 0 Å². The van der Waals surface area contributed by atoms with E-state index in [0.29, 0.717) is 18.7 Å². The molecule has 0 atom stereocenters. The molecule has 3 aromatic rings. The number of ether oxygens (including phenoxy) is 1. The molecule has 0 saturated heterocycles. The van der Waals surface area contributed by atoms with E-state index in [-0.39, 0.29) is 5.91 Å². The van der Waals surface area contributed by atoms with Crippen molar-refractivity contribution < 1.29 is 9.53 Å². The minimum Gasteiger partial charge on any atom is -0.385 e. The third kappa shape index (κ3) is 4.86. The molecule has 1 N–H and O–H groups in total. The lowest BCUT2D eigenvalue weighted by Crippen LogP contribution is -2.23. The minimum atomic E-state index is -0.101. The quantitative estimate of drug-likeness (QED) is 0.384. The zero-order valence-electron chi connectivity index (χ0n) is 17.8. The zero-order chi connectivity index (χ0) is 21.5. The van der Waals surface area contributed by atoms with Crippen LogP contribution in [0.3, 0.4) is 0 Å². The van der Waals surface area contributed by atoms with Gasteiger partial charge in [-0.3, -0.25) is 9.78 Å². The molecule has 7 heteroatoms. The topological polar surface area (TPSA) is 69.0 Å². The van der Waals surface area contributed by atoms with Crippen LogP contribution in [0.1, 0.15) is 35.1 Å². The summed E-state index contributed by atoms with van der Waals surface area (Å²) in [6.07, 6.45) is 5.25. The number of rotatable bonds is 10. The maximum Gasteiger partial charge on any atom is 0.253 e. The SMILES string of the molecule is C=CCNC(=O)c1cc(-c2csc(-c3ccnc(CC)c3)n2)n(CCCOC)c1C. The number of hydrogen-bond donors (Lipinski definition) is 1. The van der Waals surface area contributed by atoms with Gasteiger partial charge in [0.2, 0.25) is 0 Å². The second-order valence-corrected chi connectivity index (χ2v) is 7.81. The van der Waals surface area contributed by atoms with Crippen molar-refractivity contribution in [3.05, 3.63) is 59.4 Å². The highest BCUT2D eigenvalue weighted by atomic mass is 32.1. The van der Waals surface area contributed by atoms with E-state index in [4.69, 9.17) is 9.72 Å². The molecule has 0 aliphatic carbocycles. The predicted molar refractivity (Wildman–Crippen MR) is 122 cm³/mol. The molecule has 0 radical (unpaired) electrons. The van der Waals surface area contributed by atoms with Crippen molar-refractivity contribution in [1.29, 1.82) is 0 Å². The minimum absolute atomic E-state index is 0.101. The Kier molecular flexibility index (Phi) is 7.54. The van der Waals surface area contributed by atoms with E-state index in [2.05, 4.69) is 39.8 Å². The van der Waals surface area contributed by atoms with Gasteiger partial charge in [-0.2, -0.15) is 0 Å². The van der Waals surface area contributed by atoms with Crippen LogP contribution in [-0.2, 0) is 17.7 Å². The van der Waals surface area contributed by atoms with Gasteiger partial charge in [0.25, 0.3) is 5.91 Å². The highest BCUT2D eigenvalue weighted by molar-refractivity contribution is 7.13. The van der Waals surface area contributed by atoms with Crippen LogP contribution in [0.25, 0.3) is 22.0 Å². The molecular weight excluding hydrogens is 396 g/mol. The highest BCUT2D eigenvalue weighted by Crippen LogP contribution is 2.32. The fraction of sp³-hybridized carbons (Fsp3) is 0.348. The first kappa shape index (κ1) is 21.9. The Balaban J connectivity index is 1.98. The van der Waals surface area contributed by atoms with Gasteiger partial charge in [0.1, 0.15) is 5.01 Å². The van der Waals surface area contributed by atoms with Gasteiger partial charge in [0.15, 0.2) is 0 Å². The second kappa shape index (κ2) is 10.3. The molecule has 6 nitrogen and oxygen atoms in total. The van der Waals surface area contributed by atoms with Crippen molar-refractivity contribution in [1.82, 2.24) is 19.9 Å². The summed E-state index contributed by atoms with van der Waals surface area (Å²) in [7, 11) is 1.70. The van der Waals surface area contributed by atoms with Crippen molar-refractivity contribution in [2.24, 2.45) is 0 Å². The maximum atomic E-state index is 12.6. The van der Waals surface area contributed by atoms with Crippen LogP contribution in [-0.4, -0.2) is 40.7 Å². The summed E-state index contributed by atoms with van der Waals surface area (Å²) in [5.41, 5.74) is 5.51. The van der Waals surface area contributed by atoms with Crippen LogP contribution < -0.4 is 5.32 Å². The lowest BCUT2D eigenvalue weighted by molar-refractivity contribution is 0.0957. The van der Waals surface area contributed by atoms with Crippen molar-refractivity contribution >= 4 is 17.2 Å². The maximum absolute atomic E-state index is 12.6. The van der Waals surface area contributed by atoms with E-state index in [9.17, 15) is 4.79 Å². The van der Waals surface area contributed by atoms with Crippen LogP contribution in [0.4, 0.5) is 0 Å². The van der Waals surface area contributed by atoms with Crippen molar-refractivity contribution in [3.8, 4) is 22.0 Å². The number of aromatic nitrogens is 3. The van der Waals surface area contributed by atoms with Gasteiger partial charge >= 0.3 is 0 Å². The van der Waals surface area contributed by atoms with E-state index < -0.39 is 0 Å². The molecule has 158 valence electrons. The molecule has 0 aliphatic rings. The number of aryl methyl sites for hydroxylation is 1. The largest absolute Gasteiger partial charge is 0.385 e. The Morgan fingerprint density at radius 2 is 2.23 bits per heavy atom. The third-order valence-corrected chi connectivity index (χ3v) is 5.83. The molecule has 3 heterocycles. The molecule has 0 spiro atoms. The fourth-order valence-corrected chi connectivity index (χ4v) is 4.14. The number of nitrogens with one attached hydrogen (secondary N) is 1. The van der Waals surface area contributed by atoms with Gasteiger partial charge in [0, 0.05) is 55.3 Å². The van der Waals surface area contributed by atoms with Gasteiger partial charge in [-0.05, 0) is 38.0 Å². The van der Waals surface area contributed by atoms with Gasteiger partial charge in [-0.25, -0.2) is 4.98 Å². The van der Waals surface area contributed by atoms with E-state index in [1.54, 1.807) is 24.5 Å². The van der Waals surface area contributed by atoms with E-state index >= 15 is 0 Å². The summed E-state index contributed by atoms with van der Waals surface area (Å²) in [6.45, 7) is 9.58. The summed E-state index contributed by atoms with van der Waals surface area (Å²) in [4.78, 5) is 21.9. The number of carbonyl (C=O) groups excluding carboxylic acids is 1. The summed E-state index contributed by atoms with van der Waals surface area (Å²) in [5.74, 6) is -0.101. The van der Waals surface area contributed by atoms with Gasteiger partial charge in [-0.1, -0.05) is 13.0 Å². The number of thiazole rings is 1. The molecule has 0 fully saturated rings. The number of carbonyl (C=O) groups is 1. The van der Waals surface area contributed by atoms with Crippen molar-refractivity contribution in [2.75, 3.05) is 20.3 Å². The number of nitrogens with zero attached hydrogens (tertiary/aromatic N) is 3. The Morgan fingerprint density at radius 1 is 1.40 bits per heavy atom. The van der Waals surface area contributed by atoms with Gasteiger partial charge in [-0.15, -0.1) is 17.9 Å². The summed E-state index contributed by atoms with van der Waals surface area (Å²) in [6, 6.07) is 6.00. The third-order valence-electron chi connectivity index (χ3n) is 4.94. The normalized spacial score (nSPS) is 10.9. The zero-order valence-corrected chi connectivity index (χ0v) is 18.6. The van der Waals surface area contributed by atoms with Crippen LogP contribution in [0, 0.1) is 6.92 Å². The number of methoxy groups -OCH3 is 1. The highest BCUT2D eigenvalue weighted by Gasteiger charge is 2.20. The lowest BCUT2D eigenvalue weighted by Gasteiger charge is -2.10. The Morgan fingerprint density at radius 3 is 2.97 bits per heavy atom. The molecule has 30 heavy (non-hydrogen) atoms.